The van der Waals surface area contributed by atoms with Crippen molar-refractivity contribution in [2.75, 3.05) is 13.2 Å². The quantitative estimate of drug-likeness (QED) is 0.180. The van der Waals surface area contributed by atoms with E-state index in [1.807, 2.05) is 36.4 Å². The lowest BCUT2D eigenvalue weighted by atomic mass is 10.0. The maximum Gasteiger partial charge on any atom is 0.119 e. The molecule has 3 nitrogen and oxygen atoms in total. The van der Waals surface area contributed by atoms with Gasteiger partial charge in [-0.05, 0) is 72.4 Å². The molecule has 0 spiro atoms. The summed E-state index contributed by atoms with van der Waals surface area (Å²) in [4.78, 5) is 0. The SMILES string of the molecule is CCCc1ccc(OCCCCCCCCCCCOc2ccc(-c3ccc(C#N)cc3)cc2)cc1. The molecule has 3 aromatic carbocycles. The van der Waals surface area contributed by atoms with Crippen molar-refractivity contribution in [2.24, 2.45) is 0 Å². The standard InChI is InChI=1S/C33H41NO2/c1-2-12-28-15-21-32(22-16-28)35-25-10-8-6-4-3-5-7-9-11-26-36-33-23-19-31(20-24-33)30-17-13-29(27-34)14-18-30/h13-24H,2-12,25-26H2,1H3. The maximum atomic E-state index is 8.92. The zero-order valence-corrected chi connectivity index (χ0v) is 21.9. The van der Waals surface area contributed by atoms with E-state index in [4.69, 9.17) is 14.7 Å². The van der Waals surface area contributed by atoms with Gasteiger partial charge in [0.1, 0.15) is 11.5 Å². The van der Waals surface area contributed by atoms with Crippen molar-refractivity contribution in [2.45, 2.75) is 77.6 Å². The van der Waals surface area contributed by atoms with Crippen molar-refractivity contribution in [1.29, 1.82) is 5.26 Å². The predicted molar refractivity (Wildman–Crippen MR) is 150 cm³/mol. The topological polar surface area (TPSA) is 42.2 Å². The molecule has 190 valence electrons. The molecule has 0 unspecified atom stereocenters. The highest BCUT2D eigenvalue weighted by atomic mass is 16.5. The molecule has 0 aliphatic rings. The normalized spacial score (nSPS) is 10.7. The van der Waals surface area contributed by atoms with Crippen LogP contribution in [0.2, 0.25) is 0 Å². The second-order valence-electron chi connectivity index (χ2n) is 9.49. The number of unbranched alkanes of at least 4 members (excludes halogenated alkanes) is 8. The molecular weight excluding hydrogens is 442 g/mol. The van der Waals surface area contributed by atoms with Gasteiger partial charge in [0.2, 0.25) is 0 Å². The minimum Gasteiger partial charge on any atom is -0.494 e. The summed E-state index contributed by atoms with van der Waals surface area (Å²) in [7, 11) is 0. The van der Waals surface area contributed by atoms with Crippen molar-refractivity contribution < 1.29 is 9.47 Å². The van der Waals surface area contributed by atoms with Crippen LogP contribution >= 0.6 is 0 Å². The van der Waals surface area contributed by atoms with Crippen LogP contribution in [0, 0.1) is 11.3 Å². The lowest BCUT2D eigenvalue weighted by Crippen LogP contribution is -1.98. The molecule has 3 rings (SSSR count). The Morgan fingerprint density at radius 1 is 0.556 bits per heavy atom. The maximum absolute atomic E-state index is 8.92. The number of ether oxygens (including phenoxy) is 2. The zero-order chi connectivity index (χ0) is 25.3. The van der Waals surface area contributed by atoms with Gasteiger partial charge in [0.05, 0.1) is 24.8 Å². The van der Waals surface area contributed by atoms with Gasteiger partial charge in [0, 0.05) is 0 Å². The highest BCUT2D eigenvalue weighted by Crippen LogP contribution is 2.23. The average Bonchev–Trinajstić information content (AvgIpc) is 2.93. The van der Waals surface area contributed by atoms with Crippen molar-refractivity contribution in [1.82, 2.24) is 0 Å². The summed E-state index contributed by atoms with van der Waals surface area (Å²) in [6.45, 7) is 3.81. The molecule has 0 atom stereocenters. The number of nitrogens with zero attached hydrogens (tertiary/aromatic N) is 1. The monoisotopic (exact) mass is 483 g/mol. The van der Waals surface area contributed by atoms with Gasteiger partial charge in [-0.3, -0.25) is 0 Å². The first-order valence-corrected chi connectivity index (χ1v) is 13.7. The molecular formula is C33H41NO2. The van der Waals surface area contributed by atoms with Crippen molar-refractivity contribution in [3.05, 3.63) is 83.9 Å². The lowest BCUT2D eigenvalue weighted by Gasteiger charge is -2.08. The van der Waals surface area contributed by atoms with E-state index >= 15 is 0 Å². The molecule has 0 amide bonds. The van der Waals surface area contributed by atoms with E-state index in [9.17, 15) is 0 Å². The first kappa shape index (κ1) is 27.3. The third kappa shape index (κ3) is 10.2. The fraction of sp³-hybridized carbons (Fsp3) is 0.424. The molecule has 0 radical (unpaired) electrons. The molecule has 0 aliphatic carbocycles. The highest BCUT2D eigenvalue weighted by molar-refractivity contribution is 5.64. The molecule has 0 fully saturated rings. The van der Waals surface area contributed by atoms with E-state index in [0.717, 1.165) is 55.1 Å². The van der Waals surface area contributed by atoms with Gasteiger partial charge in [-0.25, -0.2) is 0 Å². The summed E-state index contributed by atoms with van der Waals surface area (Å²) in [5, 5.41) is 8.92. The third-order valence-electron chi connectivity index (χ3n) is 6.49. The van der Waals surface area contributed by atoms with Gasteiger partial charge in [-0.2, -0.15) is 5.26 Å². The van der Waals surface area contributed by atoms with Gasteiger partial charge in [0.25, 0.3) is 0 Å². The Morgan fingerprint density at radius 2 is 0.972 bits per heavy atom. The minimum absolute atomic E-state index is 0.684. The van der Waals surface area contributed by atoms with Crippen LogP contribution in [0.3, 0.4) is 0 Å². The number of hydrogen-bond acceptors (Lipinski definition) is 3. The summed E-state index contributed by atoms with van der Waals surface area (Å²) in [6, 6.07) is 26.6. The molecule has 0 bridgehead atoms. The van der Waals surface area contributed by atoms with E-state index in [2.05, 4.69) is 49.4 Å². The summed E-state index contributed by atoms with van der Waals surface area (Å²) < 4.78 is 11.8. The second-order valence-corrected chi connectivity index (χ2v) is 9.49. The number of nitriles is 1. The first-order valence-electron chi connectivity index (χ1n) is 13.7. The summed E-state index contributed by atoms with van der Waals surface area (Å²) in [5.41, 5.74) is 4.33. The Labute approximate surface area is 218 Å². The molecule has 0 N–H and O–H groups in total. The van der Waals surface area contributed by atoms with Crippen LogP contribution in [0.15, 0.2) is 72.8 Å². The van der Waals surface area contributed by atoms with Gasteiger partial charge >= 0.3 is 0 Å². The highest BCUT2D eigenvalue weighted by Gasteiger charge is 2.00. The van der Waals surface area contributed by atoms with Crippen LogP contribution in [0.1, 0.15) is 82.3 Å². The fourth-order valence-corrected chi connectivity index (χ4v) is 4.34. The van der Waals surface area contributed by atoms with E-state index < -0.39 is 0 Å². The number of hydrogen-bond donors (Lipinski definition) is 0. The summed E-state index contributed by atoms with van der Waals surface area (Å²) >= 11 is 0. The molecule has 0 aliphatic heterocycles. The van der Waals surface area contributed by atoms with Crippen molar-refractivity contribution >= 4 is 0 Å². The molecule has 3 heteroatoms. The molecule has 3 aromatic rings. The Bertz CT molecular complexity index is 1020. The zero-order valence-electron chi connectivity index (χ0n) is 21.9. The summed E-state index contributed by atoms with van der Waals surface area (Å²) in [5.74, 6) is 1.92. The first-order chi connectivity index (χ1) is 17.8. The van der Waals surface area contributed by atoms with E-state index in [1.165, 1.54) is 56.9 Å². The van der Waals surface area contributed by atoms with Crippen LogP contribution in [-0.4, -0.2) is 13.2 Å². The molecule has 0 heterocycles. The summed E-state index contributed by atoms with van der Waals surface area (Å²) in [6.07, 6.45) is 13.6. The van der Waals surface area contributed by atoms with Crippen LogP contribution < -0.4 is 9.47 Å². The van der Waals surface area contributed by atoms with Gasteiger partial charge in [-0.1, -0.05) is 94.7 Å². The number of aryl methyl sites for hydroxylation is 1. The predicted octanol–water partition coefficient (Wildman–Crippen LogP) is 9.15. The molecule has 0 saturated heterocycles. The van der Waals surface area contributed by atoms with Crippen molar-refractivity contribution in [3.8, 4) is 28.7 Å². The smallest absolute Gasteiger partial charge is 0.119 e. The molecule has 0 saturated carbocycles. The Kier molecular flexibility index (Phi) is 12.5. The number of rotatable bonds is 17. The van der Waals surface area contributed by atoms with Crippen LogP contribution in [0.5, 0.6) is 11.5 Å². The minimum atomic E-state index is 0.684. The van der Waals surface area contributed by atoms with Gasteiger partial charge in [-0.15, -0.1) is 0 Å². The third-order valence-corrected chi connectivity index (χ3v) is 6.49. The largest absolute Gasteiger partial charge is 0.494 e. The molecule has 0 aromatic heterocycles. The van der Waals surface area contributed by atoms with Crippen LogP contribution in [0.4, 0.5) is 0 Å². The average molecular weight is 484 g/mol. The van der Waals surface area contributed by atoms with E-state index in [1.54, 1.807) is 0 Å². The van der Waals surface area contributed by atoms with E-state index in [0.29, 0.717) is 5.56 Å². The fourth-order valence-electron chi connectivity index (χ4n) is 4.34. The van der Waals surface area contributed by atoms with E-state index in [-0.39, 0.29) is 0 Å². The van der Waals surface area contributed by atoms with Crippen LogP contribution in [0.25, 0.3) is 11.1 Å². The number of benzene rings is 3. The Morgan fingerprint density at radius 3 is 1.42 bits per heavy atom. The van der Waals surface area contributed by atoms with Crippen LogP contribution in [-0.2, 0) is 6.42 Å². The molecule has 36 heavy (non-hydrogen) atoms. The Balaban J connectivity index is 1.13. The van der Waals surface area contributed by atoms with Crippen molar-refractivity contribution in [3.63, 3.8) is 0 Å². The second kappa shape index (κ2) is 16.4. The van der Waals surface area contributed by atoms with Gasteiger partial charge in [0.15, 0.2) is 0 Å². The Hall–Kier alpha value is -3.25. The van der Waals surface area contributed by atoms with Gasteiger partial charge < -0.3 is 9.47 Å². The lowest BCUT2D eigenvalue weighted by molar-refractivity contribution is 0.302.